The van der Waals surface area contributed by atoms with Crippen LogP contribution in [0.25, 0.3) is 16.6 Å². The Morgan fingerprint density at radius 3 is 2.55 bits per heavy atom. The molecule has 4 heterocycles. The molecule has 1 atom stereocenters. The van der Waals surface area contributed by atoms with E-state index < -0.39 is 6.04 Å². The number of fused-ring (bicyclic) bond motifs is 3. The van der Waals surface area contributed by atoms with Crippen molar-refractivity contribution in [3.63, 3.8) is 0 Å². The van der Waals surface area contributed by atoms with Gasteiger partial charge in [-0.2, -0.15) is 5.10 Å². The monoisotopic (exact) mass is 447 g/mol. The minimum atomic E-state index is -0.630. The average Bonchev–Trinajstić information content (AvgIpc) is 3.41. The molecule has 1 aliphatic heterocycles. The predicted octanol–water partition coefficient (Wildman–Crippen LogP) is 3.47. The quantitative estimate of drug-likeness (QED) is 0.479. The van der Waals surface area contributed by atoms with E-state index >= 15 is 0 Å². The molecular weight excluding hydrogens is 418 g/mol. The van der Waals surface area contributed by atoms with Gasteiger partial charge in [-0.15, -0.1) is 0 Å². The van der Waals surface area contributed by atoms with Crippen LogP contribution in [0.5, 0.6) is 0 Å². The van der Waals surface area contributed by atoms with Gasteiger partial charge >= 0.3 is 0 Å². The Labute approximate surface area is 192 Å². The van der Waals surface area contributed by atoms with Gasteiger partial charge in [-0.1, -0.05) is 19.1 Å². The van der Waals surface area contributed by atoms with Crippen LogP contribution in [0.2, 0.25) is 0 Å². The molecule has 0 saturated carbocycles. The molecule has 0 radical (unpaired) electrons. The van der Waals surface area contributed by atoms with Crippen LogP contribution in [0.15, 0.2) is 45.8 Å². The van der Waals surface area contributed by atoms with Crippen molar-refractivity contribution in [2.75, 3.05) is 31.1 Å². The molecule has 0 N–H and O–H groups in total. The number of hydrogen-bond donors (Lipinski definition) is 0. The summed E-state index contributed by atoms with van der Waals surface area (Å²) in [5.74, 6) is 0.596. The summed E-state index contributed by atoms with van der Waals surface area (Å²) in [4.78, 5) is 31.0. The van der Waals surface area contributed by atoms with Crippen molar-refractivity contribution in [1.82, 2.24) is 19.1 Å². The van der Waals surface area contributed by atoms with E-state index in [-0.39, 0.29) is 11.5 Å². The van der Waals surface area contributed by atoms with Gasteiger partial charge in [0.15, 0.2) is 5.58 Å². The number of aryl methyl sites for hydroxylation is 3. The summed E-state index contributed by atoms with van der Waals surface area (Å²) in [6.07, 6.45) is 2.09. The first-order valence-corrected chi connectivity index (χ1v) is 11.5. The minimum Gasteiger partial charge on any atom is -0.463 e. The normalized spacial score (nSPS) is 15.5. The van der Waals surface area contributed by atoms with Crippen molar-refractivity contribution in [2.24, 2.45) is 0 Å². The van der Waals surface area contributed by atoms with Crippen LogP contribution in [0.3, 0.4) is 0 Å². The Bertz CT molecular complexity index is 1400. The van der Waals surface area contributed by atoms with E-state index in [0.717, 1.165) is 18.6 Å². The van der Waals surface area contributed by atoms with Gasteiger partial charge in [0.1, 0.15) is 17.4 Å². The Morgan fingerprint density at radius 1 is 1.06 bits per heavy atom. The first-order valence-electron chi connectivity index (χ1n) is 11.5. The van der Waals surface area contributed by atoms with E-state index in [1.165, 1.54) is 21.5 Å². The summed E-state index contributed by atoms with van der Waals surface area (Å²) < 4.78 is 8.62. The van der Waals surface area contributed by atoms with Crippen LogP contribution in [0.4, 0.5) is 5.69 Å². The third-order valence-electron chi connectivity index (χ3n) is 6.69. The maximum atomic E-state index is 13.5. The van der Waals surface area contributed by atoms with E-state index in [1.54, 1.807) is 16.7 Å². The number of furan rings is 1. The Hall–Kier alpha value is -3.55. The Kier molecular flexibility index (Phi) is 5.23. The summed E-state index contributed by atoms with van der Waals surface area (Å²) in [6, 6.07) is 9.38. The van der Waals surface area contributed by atoms with Gasteiger partial charge in [0.05, 0.1) is 11.8 Å². The minimum absolute atomic E-state index is 0.0493. The fourth-order valence-corrected chi connectivity index (χ4v) is 4.90. The number of piperazine rings is 1. The summed E-state index contributed by atoms with van der Waals surface area (Å²) in [5.41, 5.74) is 5.34. The second-order valence-electron chi connectivity index (χ2n) is 8.86. The van der Waals surface area contributed by atoms with Gasteiger partial charge in [-0.25, -0.2) is 4.68 Å². The molecule has 3 aromatic heterocycles. The predicted molar refractivity (Wildman–Crippen MR) is 128 cm³/mol. The maximum Gasteiger partial charge on any atom is 0.291 e. The van der Waals surface area contributed by atoms with Crippen LogP contribution in [0, 0.1) is 20.8 Å². The lowest BCUT2D eigenvalue weighted by Crippen LogP contribution is -2.51. The Balaban J connectivity index is 1.40. The Morgan fingerprint density at radius 2 is 1.82 bits per heavy atom. The van der Waals surface area contributed by atoms with Crippen molar-refractivity contribution in [1.29, 1.82) is 0 Å². The number of rotatable bonds is 4. The van der Waals surface area contributed by atoms with Gasteiger partial charge in [0, 0.05) is 44.0 Å². The number of amides is 1. The van der Waals surface area contributed by atoms with E-state index in [0.29, 0.717) is 36.4 Å². The second-order valence-corrected chi connectivity index (χ2v) is 8.86. The second kappa shape index (κ2) is 8.10. The summed E-state index contributed by atoms with van der Waals surface area (Å²) in [6.45, 7) is 10.8. The molecular formula is C25H29N5O3. The highest BCUT2D eigenvalue weighted by Crippen LogP contribution is 2.25. The van der Waals surface area contributed by atoms with Gasteiger partial charge < -0.3 is 14.2 Å². The smallest absolute Gasteiger partial charge is 0.291 e. The number of benzene rings is 1. The fraction of sp³-hybridized carbons (Fsp3) is 0.400. The first-order chi connectivity index (χ1) is 15.9. The topological polar surface area (TPSA) is 76.0 Å². The van der Waals surface area contributed by atoms with Crippen LogP contribution >= 0.6 is 0 Å². The third kappa shape index (κ3) is 3.50. The van der Waals surface area contributed by atoms with E-state index in [2.05, 4.69) is 42.0 Å². The van der Waals surface area contributed by atoms with Crippen LogP contribution < -0.4 is 10.5 Å². The molecule has 0 bridgehead atoms. The highest BCUT2D eigenvalue weighted by Gasteiger charge is 2.30. The van der Waals surface area contributed by atoms with Crippen LogP contribution in [0.1, 0.15) is 36.3 Å². The summed E-state index contributed by atoms with van der Waals surface area (Å²) >= 11 is 0. The molecule has 1 fully saturated rings. The standard InChI is InChI=1S/C25H29N5O3/c1-5-19(30-25(32)22-15-23-20(8-13-33-23)29(22)18(4)26-30)24(31)28-11-9-27(10-12-28)21-14-16(2)6-7-17(21)3/h6-8,13-15,19H,5,9-12H2,1-4H3. The molecule has 1 aromatic carbocycles. The van der Waals surface area contributed by atoms with E-state index in [9.17, 15) is 9.59 Å². The van der Waals surface area contributed by atoms with Gasteiger partial charge in [-0.3, -0.25) is 14.0 Å². The fourth-order valence-electron chi connectivity index (χ4n) is 4.90. The molecule has 1 aliphatic rings. The molecule has 1 saturated heterocycles. The van der Waals surface area contributed by atoms with Crippen molar-refractivity contribution in [3.05, 3.63) is 63.9 Å². The van der Waals surface area contributed by atoms with E-state index in [4.69, 9.17) is 4.42 Å². The lowest BCUT2D eigenvalue weighted by Gasteiger charge is -2.38. The number of nitrogens with zero attached hydrogens (tertiary/aromatic N) is 5. The maximum absolute atomic E-state index is 13.5. The van der Waals surface area contributed by atoms with Crippen molar-refractivity contribution < 1.29 is 9.21 Å². The zero-order valence-electron chi connectivity index (χ0n) is 19.5. The zero-order valence-corrected chi connectivity index (χ0v) is 19.5. The van der Waals surface area contributed by atoms with Crippen molar-refractivity contribution in [2.45, 2.75) is 40.2 Å². The van der Waals surface area contributed by atoms with Crippen LogP contribution in [-0.4, -0.2) is 51.2 Å². The molecule has 172 valence electrons. The molecule has 8 heteroatoms. The number of anilines is 1. The highest BCUT2D eigenvalue weighted by atomic mass is 16.3. The zero-order chi connectivity index (χ0) is 23.3. The molecule has 0 aliphatic carbocycles. The molecule has 0 spiro atoms. The number of carbonyl (C=O) groups excluding carboxylic acids is 1. The highest BCUT2D eigenvalue weighted by molar-refractivity contribution is 5.83. The van der Waals surface area contributed by atoms with Gasteiger partial charge in [-0.05, 0) is 44.4 Å². The summed E-state index contributed by atoms with van der Waals surface area (Å²) in [5, 5.41) is 4.54. The number of hydrogen-bond acceptors (Lipinski definition) is 5. The SMILES string of the molecule is CCC(C(=O)N1CCN(c2cc(C)ccc2C)CC1)n1nc(C)n2c(cc3occc32)c1=O. The molecule has 1 amide bonds. The summed E-state index contributed by atoms with van der Waals surface area (Å²) in [7, 11) is 0. The molecule has 33 heavy (non-hydrogen) atoms. The van der Waals surface area contributed by atoms with Crippen molar-refractivity contribution >= 4 is 28.2 Å². The first kappa shape index (κ1) is 21.3. The van der Waals surface area contributed by atoms with Crippen molar-refractivity contribution in [3.8, 4) is 0 Å². The third-order valence-corrected chi connectivity index (χ3v) is 6.69. The molecule has 1 unspecified atom stereocenters. The van der Waals surface area contributed by atoms with E-state index in [1.807, 2.05) is 24.8 Å². The number of aromatic nitrogens is 3. The molecule has 4 aromatic rings. The molecule has 8 nitrogen and oxygen atoms in total. The van der Waals surface area contributed by atoms with Crippen LogP contribution in [-0.2, 0) is 4.79 Å². The number of carbonyl (C=O) groups is 1. The van der Waals surface area contributed by atoms with Gasteiger partial charge in [0.2, 0.25) is 5.91 Å². The van der Waals surface area contributed by atoms with Gasteiger partial charge in [0.25, 0.3) is 5.56 Å². The lowest BCUT2D eigenvalue weighted by atomic mass is 10.1. The lowest BCUT2D eigenvalue weighted by molar-refractivity contribution is -0.135. The largest absolute Gasteiger partial charge is 0.463 e. The molecule has 5 rings (SSSR count). The average molecular weight is 448 g/mol.